The highest BCUT2D eigenvalue weighted by atomic mass is 16.6. The lowest BCUT2D eigenvalue weighted by atomic mass is 9.78. The van der Waals surface area contributed by atoms with Gasteiger partial charge >= 0.3 is 24.1 Å². The number of carbonyl (C=O) groups is 4. The van der Waals surface area contributed by atoms with Gasteiger partial charge in [-0.15, -0.1) is 0 Å². The standard InChI is InChI=1S/C65H90N2O12/c1-9-11-13-15-17-19-21-23-51-25-33-55(34-26-51)74-45-59(78-63(70)66-41-43-72-61(68)49(3)4)47-76-57-37-29-53(30-38-57)65(7,8)54-31-39-58(40-32-54)77-48-60(79-64(71)67-42-44-73-62(69)50(5)6)46-75-56-35-27-52(28-36-56)24-22-20-18-16-14-12-10-2/h25-40,59-60H,3,5,9-24,41-48H2,1-2,4,6-8H3,(H,66,70)(H,67,71). The Morgan fingerprint density at radius 3 is 1.04 bits per heavy atom. The first-order valence-corrected chi connectivity index (χ1v) is 28.6. The number of hydrogen-bond acceptors (Lipinski definition) is 12. The third kappa shape index (κ3) is 26.5. The Balaban J connectivity index is 1.33. The van der Waals surface area contributed by atoms with Crippen LogP contribution in [0.4, 0.5) is 9.59 Å². The van der Waals surface area contributed by atoms with Crippen molar-refractivity contribution >= 4 is 24.1 Å². The molecule has 14 nitrogen and oxygen atoms in total. The summed E-state index contributed by atoms with van der Waals surface area (Å²) in [6, 6.07) is 31.6. The predicted octanol–water partition coefficient (Wildman–Crippen LogP) is 13.9. The second-order valence-corrected chi connectivity index (χ2v) is 20.7. The molecule has 0 saturated carbocycles. The van der Waals surface area contributed by atoms with E-state index in [1.165, 1.54) is 88.2 Å². The molecule has 0 aliphatic rings. The Bertz CT molecular complexity index is 2230. The minimum atomic E-state index is -0.777. The normalized spacial score (nSPS) is 11.8. The number of rotatable bonds is 40. The Morgan fingerprint density at radius 1 is 0.443 bits per heavy atom. The van der Waals surface area contributed by atoms with E-state index >= 15 is 0 Å². The van der Waals surface area contributed by atoms with E-state index in [0.717, 1.165) is 36.8 Å². The maximum Gasteiger partial charge on any atom is 0.407 e. The lowest BCUT2D eigenvalue weighted by Gasteiger charge is -2.27. The Labute approximate surface area is 471 Å². The zero-order chi connectivity index (χ0) is 57.1. The molecule has 0 radical (unpaired) electrons. The molecule has 2 N–H and O–H groups in total. The van der Waals surface area contributed by atoms with Gasteiger partial charge in [0.25, 0.3) is 0 Å². The molecule has 0 aliphatic heterocycles. The van der Waals surface area contributed by atoms with Crippen LogP contribution in [-0.4, -0.2) is 89.1 Å². The van der Waals surface area contributed by atoms with E-state index in [4.69, 9.17) is 37.9 Å². The van der Waals surface area contributed by atoms with Crippen molar-refractivity contribution in [1.29, 1.82) is 0 Å². The lowest BCUT2D eigenvalue weighted by molar-refractivity contribution is -0.139. The molecule has 0 heterocycles. The fraction of sp³-hybridized carbons (Fsp3) is 0.508. The average Bonchev–Trinajstić information content (AvgIpc) is 3.49. The molecule has 0 bridgehead atoms. The van der Waals surface area contributed by atoms with Gasteiger partial charge in [-0.3, -0.25) is 0 Å². The van der Waals surface area contributed by atoms with Crippen LogP contribution >= 0.6 is 0 Å². The number of esters is 2. The Hall–Kier alpha value is -6.96. The number of aryl methyl sites for hydroxylation is 2. The van der Waals surface area contributed by atoms with Crippen LogP contribution in [0, 0.1) is 0 Å². The van der Waals surface area contributed by atoms with Gasteiger partial charge in [-0.05, 0) is 110 Å². The second-order valence-electron chi connectivity index (χ2n) is 20.7. The maximum atomic E-state index is 12.9. The zero-order valence-corrected chi connectivity index (χ0v) is 48.2. The summed E-state index contributed by atoms with van der Waals surface area (Å²) in [7, 11) is 0. The van der Waals surface area contributed by atoms with Crippen molar-refractivity contribution in [3.05, 3.63) is 144 Å². The predicted molar refractivity (Wildman–Crippen MR) is 311 cm³/mol. The topological polar surface area (TPSA) is 166 Å². The van der Waals surface area contributed by atoms with Crippen LogP contribution in [0.25, 0.3) is 0 Å². The number of hydrogen-bond donors (Lipinski definition) is 2. The fourth-order valence-corrected chi connectivity index (χ4v) is 8.39. The molecule has 432 valence electrons. The van der Waals surface area contributed by atoms with Gasteiger partial charge in [-0.25, -0.2) is 19.2 Å². The molecule has 79 heavy (non-hydrogen) atoms. The number of unbranched alkanes of at least 4 members (excludes halogenated alkanes) is 12. The monoisotopic (exact) mass is 1090 g/mol. The van der Waals surface area contributed by atoms with Gasteiger partial charge in [0, 0.05) is 16.6 Å². The van der Waals surface area contributed by atoms with E-state index in [2.05, 4.69) is 75.8 Å². The number of alkyl carbamates (subject to hydrolysis) is 2. The maximum absolute atomic E-state index is 12.9. The lowest BCUT2D eigenvalue weighted by Crippen LogP contribution is -2.37. The van der Waals surface area contributed by atoms with Gasteiger partial charge < -0.3 is 48.5 Å². The summed E-state index contributed by atoms with van der Waals surface area (Å²) < 4.78 is 46.2. The smallest absolute Gasteiger partial charge is 0.407 e. The van der Waals surface area contributed by atoms with Crippen molar-refractivity contribution in [2.24, 2.45) is 0 Å². The van der Waals surface area contributed by atoms with E-state index in [0.29, 0.717) is 23.0 Å². The van der Waals surface area contributed by atoms with E-state index in [1.54, 1.807) is 13.8 Å². The van der Waals surface area contributed by atoms with Gasteiger partial charge in [0.05, 0.1) is 13.1 Å². The summed E-state index contributed by atoms with van der Waals surface area (Å²) in [5.41, 5.74) is 4.69. The minimum Gasteiger partial charge on any atom is -0.490 e. The number of carbonyl (C=O) groups excluding carboxylic acids is 4. The van der Waals surface area contributed by atoms with E-state index < -0.39 is 41.7 Å². The highest BCUT2D eigenvalue weighted by molar-refractivity contribution is 5.87. The molecule has 0 fully saturated rings. The van der Waals surface area contributed by atoms with Crippen molar-refractivity contribution < 1.29 is 57.1 Å². The van der Waals surface area contributed by atoms with Crippen molar-refractivity contribution in [2.75, 3.05) is 52.7 Å². The average molecular weight is 1090 g/mol. The van der Waals surface area contributed by atoms with E-state index in [-0.39, 0.29) is 63.9 Å². The first kappa shape index (κ1) is 64.6. The van der Waals surface area contributed by atoms with Crippen LogP contribution in [0.15, 0.2) is 121 Å². The zero-order valence-electron chi connectivity index (χ0n) is 48.2. The minimum absolute atomic E-state index is 0.0146. The van der Waals surface area contributed by atoms with E-state index in [9.17, 15) is 19.2 Å². The Morgan fingerprint density at radius 2 is 0.734 bits per heavy atom. The van der Waals surface area contributed by atoms with Gasteiger partial charge in [-0.2, -0.15) is 0 Å². The summed E-state index contributed by atoms with van der Waals surface area (Å²) >= 11 is 0. The number of amides is 2. The van der Waals surface area contributed by atoms with E-state index in [1.807, 2.05) is 72.8 Å². The molecule has 14 heteroatoms. The van der Waals surface area contributed by atoms with Crippen LogP contribution in [0.5, 0.6) is 23.0 Å². The molecular formula is C65H90N2O12. The molecule has 0 aliphatic carbocycles. The van der Waals surface area contributed by atoms with Crippen LogP contribution in [0.2, 0.25) is 0 Å². The fourth-order valence-electron chi connectivity index (χ4n) is 8.39. The summed E-state index contributed by atoms with van der Waals surface area (Å²) in [6.07, 6.45) is 16.7. The number of ether oxygens (including phenoxy) is 8. The SMILES string of the molecule is C=C(C)C(=O)OCCNC(=O)OC(COc1ccc(CCCCCCCCC)cc1)COc1ccc(C(C)(C)c2ccc(OCC(COc3ccc(CCCCCCCCC)cc3)OC(=O)NCCOC(=O)C(=C)C)cc2)cc1. The van der Waals surface area contributed by atoms with Crippen molar-refractivity contribution in [2.45, 2.75) is 162 Å². The molecular weight excluding hydrogens is 1000 g/mol. The molecule has 2 amide bonds. The summed E-state index contributed by atoms with van der Waals surface area (Å²) in [5, 5.41) is 5.24. The number of benzene rings is 4. The van der Waals surface area contributed by atoms with Gasteiger partial charge in [-0.1, -0.05) is 166 Å². The molecule has 4 rings (SSSR count). The quantitative estimate of drug-likeness (QED) is 0.0188. The van der Waals surface area contributed by atoms with Crippen molar-refractivity contribution in [3.63, 3.8) is 0 Å². The summed E-state index contributed by atoms with van der Waals surface area (Å²) in [6.45, 7) is 19.1. The molecule has 4 aromatic rings. The second kappa shape index (κ2) is 37.0. The summed E-state index contributed by atoms with van der Waals surface area (Å²) in [4.78, 5) is 49.3. The first-order valence-electron chi connectivity index (χ1n) is 28.6. The van der Waals surface area contributed by atoms with Crippen LogP contribution < -0.4 is 29.6 Å². The van der Waals surface area contributed by atoms with Crippen LogP contribution in [0.1, 0.15) is 154 Å². The molecule has 0 spiro atoms. The molecule has 2 unspecified atom stereocenters. The van der Waals surface area contributed by atoms with Crippen LogP contribution in [0.3, 0.4) is 0 Å². The van der Waals surface area contributed by atoms with Crippen molar-refractivity contribution in [1.82, 2.24) is 10.6 Å². The number of nitrogens with one attached hydrogen (secondary N) is 2. The summed E-state index contributed by atoms with van der Waals surface area (Å²) in [5.74, 6) is 1.39. The third-order valence-corrected chi connectivity index (χ3v) is 13.3. The van der Waals surface area contributed by atoms with Gasteiger partial charge in [0.1, 0.15) is 62.6 Å². The molecule has 2 atom stereocenters. The molecule has 4 aromatic carbocycles. The highest BCUT2D eigenvalue weighted by Crippen LogP contribution is 2.34. The third-order valence-electron chi connectivity index (χ3n) is 13.3. The highest BCUT2D eigenvalue weighted by Gasteiger charge is 2.25. The van der Waals surface area contributed by atoms with Crippen LogP contribution in [-0.2, 0) is 46.8 Å². The largest absolute Gasteiger partial charge is 0.490 e. The first-order chi connectivity index (χ1) is 38.2. The Kier molecular flexibility index (Phi) is 30.2. The molecule has 0 aromatic heterocycles. The molecule has 0 saturated heterocycles. The van der Waals surface area contributed by atoms with Gasteiger partial charge in [0.2, 0.25) is 0 Å². The van der Waals surface area contributed by atoms with Gasteiger partial charge in [0.15, 0.2) is 12.2 Å². The van der Waals surface area contributed by atoms with Crippen molar-refractivity contribution in [3.8, 4) is 23.0 Å².